The Kier molecular flexibility index (Phi) is 7.45. The third kappa shape index (κ3) is 5.59. The number of carbonyl (C=O) groups excluding carboxylic acids is 1. The van der Waals surface area contributed by atoms with Gasteiger partial charge in [-0.05, 0) is 48.2 Å². The van der Waals surface area contributed by atoms with Gasteiger partial charge in [0.1, 0.15) is 5.82 Å². The Morgan fingerprint density at radius 1 is 1.12 bits per heavy atom. The highest BCUT2D eigenvalue weighted by Crippen LogP contribution is 2.23. The smallest absolute Gasteiger partial charge is 0.251 e. The lowest BCUT2D eigenvalue weighted by atomic mass is 10.0. The molecular formula is C21H29N3O. The molecule has 4 nitrogen and oxygen atoms in total. The molecule has 1 saturated carbocycles. The summed E-state index contributed by atoms with van der Waals surface area (Å²) in [5, 5.41) is 6.17. The Bertz CT molecular complexity index is 678. The number of aromatic nitrogens is 1. The topological polar surface area (TPSA) is 54.0 Å². The van der Waals surface area contributed by atoms with Crippen LogP contribution in [-0.4, -0.2) is 24.0 Å². The summed E-state index contributed by atoms with van der Waals surface area (Å²) in [4.78, 5) is 16.6. The number of rotatable bonds is 4. The number of hydrogen-bond donors (Lipinski definition) is 2. The molecule has 1 amide bonds. The third-order valence-corrected chi connectivity index (χ3v) is 4.16. The number of hydrogen-bond acceptors (Lipinski definition) is 3. The molecule has 0 saturated heterocycles. The van der Waals surface area contributed by atoms with Gasteiger partial charge in [-0.15, -0.1) is 0 Å². The summed E-state index contributed by atoms with van der Waals surface area (Å²) in [6.07, 6.45) is 7.65. The maximum Gasteiger partial charge on any atom is 0.251 e. The standard InChI is InChI=1S/C18H21N3O.C3H8/c1-19-17-12-14(9-10-20-17)13-5-4-6-15(11-13)18(22)21-16-7-2-3-8-16;1-3-2/h4-6,9-12,16H,2-3,7-8H2,1H3,(H,19,20)(H,21,22);3H2,1-2H3. The molecule has 3 rings (SSSR count). The Morgan fingerprint density at radius 3 is 2.48 bits per heavy atom. The van der Waals surface area contributed by atoms with Gasteiger partial charge >= 0.3 is 0 Å². The lowest BCUT2D eigenvalue weighted by molar-refractivity contribution is 0.0938. The van der Waals surface area contributed by atoms with Crippen LogP contribution in [0.3, 0.4) is 0 Å². The Labute approximate surface area is 151 Å². The number of benzene rings is 1. The fourth-order valence-corrected chi connectivity index (χ4v) is 2.93. The zero-order chi connectivity index (χ0) is 18.1. The molecule has 0 atom stereocenters. The summed E-state index contributed by atoms with van der Waals surface area (Å²) in [5.74, 6) is 0.843. The van der Waals surface area contributed by atoms with Crippen molar-refractivity contribution in [1.29, 1.82) is 0 Å². The molecule has 4 heteroatoms. The summed E-state index contributed by atoms with van der Waals surface area (Å²) in [5.41, 5.74) is 2.79. The van der Waals surface area contributed by atoms with E-state index in [1.165, 1.54) is 19.3 Å². The summed E-state index contributed by atoms with van der Waals surface area (Å²) < 4.78 is 0. The third-order valence-electron chi connectivity index (χ3n) is 4.16. The summed E-state index contributed by atoms with van der Waals surface area (Å²) in [6.45, 7) is 4.25. The second-order valence-corrected chi connectivity index (χ2v) is 6.42. The van der Waals surface area contributed by atoms with Crippen molar-refractivity contribution in [2.75, 3.05) is 12.4 Å². The summed E-state index contributed by atoms with van der Waals surface area (Å²) in [7, 11) is 1.84. The van der Waals surface area contributed by atoms with Crippen molar-refractivity contribution >= 4 is 11.7 Å². The predicted molar refractivity (Wildman–Crippen MR) is 105 cm³/mol. The number of anilines is 1. The van der Waals surface area contributed by atoms with Crippen molar-refractivity contribution in [3.63, 3.8) is 0 Å². The summed E-state index contributed by atoms with van der Waals surface area (Å²) in [6, 6.07) is 12.0. The van der Waals surface area contributed by atoms with Crippen LogP contribution in [0.4, 0.5) is 5.82 Å². The minimum Gasteiger partial charge on any atom is -0.373 e. The fourth-order valence-electron chi connectivity index (χ4n) is 2.93. The van der Waals surface area contributed by atoms with Gasteiger partial charge in [-0.3, -0.25) is 4.79 Å². The normalized spacial score (nSPS) is 13.7. The second kappa shape index (κ2) is 9.82. The van der Waals surface area contributed by atoms with Crippen LogP contribution in [0.1, 0.15) is 56.3 Å². The van der Waals surface area contributed by atoms with Gasteiger partial charge in [0, 0.05) is 24.8 Å². The maximum atomic E-state index is 12.4. The number of nitrogens with zero attached hydrogens (tertiary/aromatic N) is 1. The van der Waals surface area contributed by atoms with Crippen LogP contribution in [0.2, 0.25) is 0 Å². The van der Waals surface area contributed by atoms with Crippen LogP contribution >= 0.6 is 0 Å². The van der Waals surface area contributed by atoms with Crippen molar-refractivity contribution < 1.29 is 4.79 Å². The van der Waals surface area contributed by atoms with Gasteiger partial charge < -0.3 is 10.6 Å². The predicted octanol–water partition coefficient (Wildman–Crippen LogP) is 4.88. The minimum atomic E-state index is 0.0247. The molecule has 134 valence electrons. The molecule has 1 aromatic heterocycles. The fraction of sp³-hybridized carbons (Fsp3) is 0.429. The maximum absolute atomic E-state index is 12.4. The van der Waals surface area contributed by atoms with E-state index in [0.717, 1.165) is 29.8 Å². The quantitative estimate of drug-likeness (QED) is 0.835. The molecule has 1 aliphatic rings. The Balaban J connectivity index is 0.000000701. The van der Waals surface area contributed by atoms with Gasteiger partial charge in [-0.25, -0.2) is 4.98 Å². The SMILES string of the molecule is CCC.CNc1cc(-c2cccc(C(=O)NC3CCCC3)c2)ccn1. The van der Waals surface area contributed by atoms with Crippen molar-refractivity contribution in [3.05, 3.63) is 48.2 Å². The van der Waals surface area contributed by atoms with Gasteiger partial charge in [0.2, 0.25) is 0 Å². The Hall–Kier alpha value is -2.36. The molecule has 25 heavy (non-hydrogen) atoms. The van der Waals surface area contributed by atoms with Gasteiger partial charge in [0.25, 0.3) is 5.91 Å². The van der Waals surface area contributed by atoms with Crippen molar-refractivity contribution in [3.8, 4) is 11.1 Å². The highest BCUT2D eigenvalue weighted by atomic mass is 16.1. The lowest BCUT2D eigenvalue weighted by Crippen LogP contribution is -2.32. The number of nitrogens with one attached hydrogen (secondary N) is 2. The number of carbonyl (C=O) groups is 1. The molecule has 1 aromatic carbocycles. The lowest BCUT2D eigenvalue weighted by Gasteiger charge is -2.12. The van der Waals surface area contributed by atoms with Crippen molar-refractivity contribution in [1.82, 2.24) is 10.3 Å². The first-order valence-corrected chi connectivity index (χ1v) is 9.23. The van der Waals surface area contributed by atoms with E-state index in [9.17, 15) is 4.79 Å². The number of amides is 1. The van der Waals surface area contributed by atoms with Crippen LogP contribution in [0, 0.1) is 0 Å². The van der Waals surface area contributed by atoms with Gasteiger partial charge in [0.05, 0.1) is 0 Å². The van der Waals surface area contributed by atoms with Crippen LogP contribution in [-0.2, 0) is 0 Å². The van der Waals surface area contributed by atoms with E-state index in [4.69, 9.17) is 0 Å². The highest BCUT2D eigenvalue weighted by molar-refractivity contribution is 5.95. The van der Waals surface area contributed by atoms with E-state index < -0.39 is 0 Å². The van der Waals surface area contributed by atoms with E-state index in [1.807, 2.05) is 43.4 Å². The largest absolute Gasteiger partial charge is 0.373 e. The minimum absolute atomic E-state index is 0.0247. The number of pyridine rings is 1. The van der Waals surface area contributed by atoms with Crippen LogP contribution in [0.25, 0.3) is 11.1 Å². The zero-order valence-corrected chi connectivity index (χ0v) is 15.5. The molecule has 0 spiro atoms. The molecule has 2 N–H and O–H groups in total. The highest BCUT2D eigenvalue weighted by Gasteiger charge is 2.18. The monoisotopic (exact) mass is 339 g/mol. The van der Waals surface area contributed by atoms with E-state index in [0.29, 0.717) is 11.6 Å². The van der Waals surface area contributed by atoms with Crippen LogP contribution in [0.5, 0.6) is 0 Å². The van der Waals surface area contributed by atoms with Crippen molar-refractivity contribution in [2.45, 2.75) is 52.0 Å². The van der Waals surface area contributed by atoms with Gasteiger partial charge in [-0.2, -0.15) is 0 Å². The molecule has 0 aliphatic heterocycles. The molecule has 2 aromatic rings. The molecule has 0 bridgehead atoms. The van der Waals surface area contributed by atoms with Crippen molar-refractivity contribution in [2.24, 2.45) is 0 Å². The molecule has 0 radical (unpaired) electrons. The van der Waals surface area contributed by atoms with E-state index in [1.54, 1.807) is 6.20 Å². The van der Waals surface area contributed by atoms with Gasteiger partial charge in [0.15, 0.2) is 0 Å². The molecule has 1 heterocycles. The van der Waals surface area contributed by atoms with E-state index >= 15 is 0 Å². The zero-order valence-electron chi connectivity index (χ0n) is 15.5. The molecular weight excluding hydrogens is 310 g/mol. The first-order chi connectivity index (χ1) is 12.2. The molecule has 1 aliphatic carbocycles. The van der Waals surface area contributed by atoms with Gasteiger partial charge in [-0.1, -0.05) is 45.2 Å². The second-order valence-electron chi connectivity index (χ2n) is 6.42. The average Bonchev–Trinajstić information content (AvgIpc) is 3.15. The van der Waals surface area contributed by atoms with Crippen LogP contribution in [0.15, 0.2) is 42.6 Å². The van der Waals surface area contributed by atoms with Crippen LogP contribution < -0.4 is 10.6 Å². The molecule has 0 unspecified atom stereocenters. The Morgan fingerprint density at radius 2 is 1.80 bits per heavy atom. The summed E-state index contributed by atoms with van der Waals surface area (Å²) >= 11 is 0. The first-order valence-electron chi connectivity index (χ1n) is 9.23. The molecule has 1 fully saturated rings. The first kappa shape index (κ1) is 19.0. The average molecular weight is 339 g/mol. The van der Waals surface area contributed by atoms with E-state index in [2.05, 4.69) is 29.5 Å². The van der Waals surface area contributed by atoms with E-state index in [-0.39, 0.29) is 5.91 Å².